The molecule has 0 aromatic heterocycles. The van der Waals surface area contributed by atoms with Gasteiger partial charge in [-0.2, -0.15) is 0 Å². The molecular formula is C14H11ClO2. The van der Waals surface area contributed by atoms with Crippen molar-refractivity contribution in [1.29, 1.82) is 0 Å². The van der Waals surface area contributed by atoms with Gasteiger partial charge in [0, 0.05) is 10.4 Å². The molecule has 2 aromatic carbocycles. The third-order valence-corrected chi connectivity index (χ3v) is 3.87. The number of fused-ring (bicyclic) bond motifs is 1. The minimum atomic E-state index is -0.732. The fraction of sp³-hybridized carbons (Fsp3) is 0.214. The van der Waals surface area contributed by atoms with E-state index in [9.17, 15) is 9.90 Å². The van der Waals surface area contributed by atoms with E-state index in [1.807, 2.05) is 36.4 Å². The summed E-state index contributed by atoms with van der Waals surface area (Å²) >= 11 is 6.13. The van der Waals surface area contributed by atoms with Gasteiger partial charge in [0.15, 0.2) is 0 Å². The lowest BCUT2D eigenvalue weighted by atomic mass is 9.94. The van der Waals surface area contributed by atoms with Crippen LogP contribution in [-0.4, -0.2) is 11.1 Å². The van der Waals surface area contributed by atoms with Crippen LogP contribution in [0.15, 0.2) is 36.4 Å². The highest BCUT2D eigenvalue weighted by Gasteiger charge is 2.51. The van der Waals surface area contributed by atoms with Gasteiger partial charge in [0.1, 0.15) is 0 Å². The van der Waals surface area contributed by atoms with Crippen molar-refractivity contribution >= 4 is 28.3 Å². The lowest BCUT2D eigenvalue weighted by Gasteiger charge is -2.11. The van der Waals surface area contributed by atoms with Crippen molar-refractivity contribution in [3.63, 3.8) is 0 Å². The van der Waals surface area contributed by atoms with Crippen LogP contribution in [0.4, 0.5) is 0 Å². The first-order chi connectivity index (χ1) is 8.13. The Labute approximate surface area is 104 Å². The van der Waals surface area contributed by atoms with E-state index in [-0.39, 0.29) is 0 Å². The maximum atomic E-state index is 11.3. The average Bonchev–Trinajstić information content (AvgIpc) is 3.10. The molecule has 1 fully saturated rings. The Morgan fingerprint density at radius 3 is 2.65 bits per heavy atom. The third-order valence-electron chi connectivity index (χ3n) is 3.54. The van der Waals surface area contributed by atoms with E-state index in [4.69, 9.17) is 11.6 Å². The van der Waals surface area contributed by atoms with Gasteiger partial charge in [0.05, 0.1) is 5.41 Å². The number of carboxylic acid groups (broad SMARTS) is 1. The molecule has 1 aliphatic rings. The summed E-state index contributed by atoms with van der Waals surface area (Å²) < 4.78 is 0. The highest BCUT2D eigenvalue weighted by molar-refractivity contribution is 6.35. The zero-order valence-corrected chi connectivity index (χ0v) is 9.87. The van der Waals surface area contributed by atoms with Crippen molar-refractivity contribution in [2.24, 2.45) is 0 Å². The second-order valence-corrected chi connectivity index (χ2v) is 4.97. The third kappa shape index (κ3) is 1.52. The van der Waals surface area contributed by atoms with Gasteiger partial charge in [-0.15, -0.1) is 0 Å². The van der Waals surface area contributed by atoms with Crippen LogP contribution < -0.4 is 0 Å². The summed E-state index contributed by atoms with van der Waals surface area (Å²) in [6.07, 6.45) is 1.44. The number of hydrogen-bond acceptors (Lipinski definition) is 1. The molecule has 1 aliphatic carbocycles. The first kappa shape index (κ1) is 10.6. The van der Waals surface area contributed by atoms with E-state index in [1.54, 1.807) is 0 Å². The Balaban J connectivity index is 2.20. The molecule has 2 nitrogen and oxygen atoms in total. The van der Waals surface area contributed by atoms with E-state index in [1.165, 1.54) is 0 Å². The summed E-state index contributed by atoms with van der Waals surface area (Å²) in [7, 11) is 0. The fourth-order valence-electron chi connectivity index (χ4n) is 2.28. The molecule has 0 amide bonds. The standard InChI is InChI=1S/C14H11ClO2/c15-12-3-1-2-9-4-5-10(8-11(9)12)14(6-7-14)13(16)17/h1-5,8H,6-7H2,(H,16,17). The Morgan fingerprint density at radius 1 is 1.24 bits per heavy atom. The minimum Gasteiger partial charge on any atom is -0.481 e. The number of rotatable bonds is 2. The number of carboxylic acids is 1. The second kappa shape index (κ2) is 3.47. The normalized spacial score (nSPS) is 17.0. The zero-order valence-electron chi connectivity index (χ0n) is 9.11. The summed E-state index contributed by atoms with van der Waals surface area (Å²) in [6.45, 7) is 0. The maximum Gasteiger partial charge on any atom is 0.314 e. The quantitative estimate of drug-likeness (QED) is 0.879. The molecule has 0 bridgehead atoms. The number of carbonyl (C=O) groups is 1. The molecule has 17 heavy (non-hydrogen) atoms. The molecule has 0 atom stereocenters. The molecule has 3 heteroatoms. The van der Waals surface area contributed by atoms with Gasteiger partial charge in [0.25, 0.3) is 0 Å². The van der Waals surface area contributed by atoms with Crippen LogP contribution in [0.2, 0.25) is 5.02 Å². The van der Waals surface area contributed by atoms with Crippen LogP contribution in [0.1, 0.15) is 18.4 Å². The van der Waals surface area contributed by atoms with Gasteiger partial charge < -0.3 is 5.11 Å². The van der Waals surface area contributed by atoms with Gasteiger partial charge >= 0.3 is 5.97 Å². The van der Waals surface area contributed by atoms with Crippen molar-refractivity contribution in [3.05, 3.63) is 47.0 Å². The summed E-state index contributed by atoms with van der Waals surface area (Å²) in [5, 5.41) is 11.9. The van der Waals surface area contributed by atoms with Crippen LogP contribution in [-0.2, 0) is 10.2 Å². The van der Waals surface area contributed by atoms with Gasteiger partial charge in [0.2, 0.25) is 0 Å². The van der Waals surface area contributed by atoms with Gasteiger partial charge in [-0.05, 0) is 35.9 Å². The number of hydrogen-bond donors (Lipinski definition) is 1. The average molecular weight is 247 g/mol. The molecule has 1 saturated carbocycles. The van der Waals surface area contributed by atoms with Crippen molar-refractivity contribution in [2.75, 3.05) is 0 Å². The van der Waals surface area contributed by atoms with Crippen LogP contribution >= 0.6 is 11.6 Å². The summed E-state index contributed by atoms with van der Waals surface area (Å²) in [5.41, 5.74) is 0.207. The Hall–Kier alpha value is -1.54. The summed E-state index contributed by atoms with van der Waals surface area (Å²) in [6, 6.07) is 11.5. The Bertz CT molecular complexity index is 615. The van der Waals surface area contributed by atoms with E-state index in [0.717, 1.165) is 29.2 Å². The smallest absolute Gasteiger partial charge is 0.314 e. The summed E-state index contributed by atoms with van der Waals surface area (Å²) in [5.74, 6) is -0.732. The highest BCUT2D eigenvalue weighted by Crippen LogP contribution is 2.49. The molecule has 1 N–H and O–H groups in total. The van der Waals surface area contributed by atoms with Gasteiger partial charge in [-0.3, -0.25) is 4.79 Å². The van der Waals surface area contributed by atoms with Crippen molar-refractivity contribution in [2.45, 2.75) is 18.3 Å². The molecule has 2 aromatic rings. The minimum absolute atomic E-state index is 0.659. The lowest BCUT2D eigenvalue weighted by molar-refractivity contribution is -0.140. The molecule has 0 aliphatic heterocycles. The molecular weight excluding hydrogens is 236 g/mol. The van der Waals surface area contributed by atoms with E-state index < -0.39 is 11.4 Å². The SMILES string of the molecule is O=C(O)C1(c2ccc3cccc(Cl)c3c2)CC1. The lowest BCUT2D eigenvalue weighted by Crippen LogP contribution is -2.19. The van der Waals surface area contributed by atoms with Crippen molar-refractivity contribution in [1.82, 2.24) is 0 Å². The van der Waals surface area contributed by atoms with Gasteiger partial charge in [-0.25, -0.2) is 0 Å². The largest absolute Gasteiger partial charge is 0.481 e. The monoisotopic (exact) mass is 246 g/mol. The highest BCUT2D eigenvalue weighted by atomic mass is 35.5. The van der Waals surface area contributed by atoms with Crippen LogP contribution in [0, 0.1) is 0 Å². The molecule has 0 radical (unpaired) electrons. The molecule has 0 heterocycles. The predicted octanol–water partition coefficient (Wildman–Crippen LogP) is 3.61. The van der Waals surface area contributed by atoms with Crippen LogP contribution in [0.25, 0.3) is 10.8 Å². The Morgan fingerprint density at radius 2 is 2.00 bits per heavy atom. The molecule has 0 saturated heterocycles. The summed E-state index contributed by atoms with van der Waals surface area (Å²) in [4.78, 5) is 11.3. The first-order valence-electron chi connectivity index (χ1n) is 5.56. The first-order valence-corrected chi connectivity index (χ1v) is 5.93. The molecule has 86 valence electrons. The fourth-order valence-corrected chi connectivity index (χ4v) is 2.52. The van der Waals surface area contributed by atoms with E-state index >= 15 is 0 Å². The van der Waals surface area contributed by atoms with Crippen LogP contribution in [0.3, 0.4) is 0 Å². The van der Waals surface area contributed by atoms with E-state index in [2.05, 4.69) is 0 Å². The number of halogens is 1. The number of benzene rings is 2. The zero-order chi connectivity index (χ0) is 12.0. The number of aliphatic carboxylic acids is 1. The molecule has 3 rings (SSSR count). The predicted molar refractivity (Wildman–Crippen MR) is 67.5 cm³/mol. The van der Waals surface area contributed by atoms with Gasteiger partial charge in [-0.1, -0.05) is 35.9 Å². The van der Waals surface area contributed by atoms with E-state index in [0.29, 0.717) is 5.02 Å². The van der Waals surface area contributed by atoms with Crippen molar-refractivity contribution < 1.29 is 9.90 Å². The Kier molecular flexibility index (Phi) is 2.17. The second-order valence-electron chi connectivity index (χ2n) is 4.56. The topological polar surface area (TPSA) is 37.3 Å². The molecule has 0 unspecified atom stereocenters. The molecule has 0 spiro atoms. The van der Waals surface area contributed by atoms with Crippen LogP contribution in [0.5, 0.6) is 0 Å². The maximum absolute atomic E-state index is 11.3. The van der Waals surface area contributed by atoms with Crippen molar-refractivity contribution in [3.8, 4) is 0 Å².